The highest BCUT2D eigenvalue weighted by molar-refractivity contribution is 5.85. The second kappa shape index (κ2) is 8.02. The van der Waals surface area contributed by atoms with Crippen LogP contribution in [0.5, 0.6) is 5.75 Å². The zero-order chi connectivity index (χ0) is 12.8. The van der Waals surface area contributed by atoms with Gasteiger partial charge in [-0.2, -0.15) is 0 Å². The van der Waals surface area contributed by atoms with Gasteiger partial charge in [0.15, 0.2) is 0 Å². The minimum Gasteiger partial charge on any atom is -0.492 e. The number of ether oxygens (including phenoxy) is 1. The lowest BCUT2D eigenvalue weighted by atomic mass is 9.88. The van der Waals surface area contributed by atoms with Gasteiger partial charge in [0, 0.05) is 5.92 Å². The summed E-state index contributed by atoms with van der Waals surface area (Å²) in [7, 11) is 0. The molecule has 1 amide bonds. The molecule has 1 fully saturated rings. The van der Waals surface area contributed by atoms with Crippen LogP contribution in [0, 0.1) is 11.8 Å². The van der Waals surface area contributed by atoms with Crippen molar-refractivity contribution in [1.82, 2.24) is 10.6 Å². The molecule has 0 radical (unpaired) electrons. The molecular formula is C14H21ClN2O2. The van der Waals surface area contributed by atoms with E-state index >= 15 is 0 Å². The quantitative estimate of drug-likeness (QED) is 0.778. The van der Waals surface area contributed by atoms with Crippen LogP contribution < -0.4 is 15.4 Å². The molecule has 1 unspecified atom stereocenters. The number of nitrogens with one attached hydrogen (secondary N) is 2. The van der Waals surface area contributed by atoms with Crippen molar-refractivity contribution < 1.29 is 9.53 Å². The van der Waals surface area contributed by atoms with Crippen LogP contribution in [-0.2, 0) is 4.79 Å². The highest BCUT2D eigenvalue weighted by atomic mass is 35.5. The Morgan fingerprint density at radius 1 is 1.42 bits per heavy atom. The van der Waals surface area contributed by atoms with Crippen molar-refractivity contribution in [3.05, 3.63) is 30.3 Å². The van der Waals surface area contributed by atoms with Gasteiger partial charge in [-0.3, -0.25) is 4.79 Å². The molecule has 0 saturated carbocycles. The van der Waals surface area contributed by atoms with Crippen molar-refractivity contribution in [1.29, 1.82) is 0 Å². The second-order valence-electron chi connectivity index (χ2n) is 4.66. The van der Waals surface area contributed by atoms with Gasteiger partial charge in [0.2, 0.25) is 5.91 Å². The third-order valence-corrected chi connectivity index (χ3v) is 3.35. The Morgan fingerprint density at radius 3 is 2.68 bits per heavy atom. The summed E-state index contributed by atoms with van der Waals surface area (Å²) in [6, 6.07) is 9.62. The summed E-state index contributed by atoms with van der Waals surface area (Å²) in [5.41, 5.74) is 0. The summed E-state index contributed by atoms with van der Waals surface area (Å²) in [6.07, 6.45) is 0. The van der Waals surface area contributed by atoms with E-state index in [0.717, 1.165) is 18.8 Å². The number of amides is 1. The van der Waals surface area contributed by atoms with E-state index in [4.69, 9.17) is 4.74 Å². The molecule has 1 aliphatic rings. The van der Waals surface area contributed by atoms with E-state index in [1.54, 1.807) is 0 Å². The molecule has 106 valence electrons. The Kier molecular flexibility index (Phi) is 6.67. The lowest BCUT2D eigenvalue weighted by Crippen LogP contribution is -2.49. The number of carbonyl (C=O) groups excluding carboxylic acids is 1. The molecule has 0 bridgehead atoms. The fraction of sp³-hybridized carbons (Fsp3) is 0.500. The Bertz CT molecular complexity index is 382. The minimum atomic E-state index is 0. The summed E-state index contributed by atoms with van der Waals surface area (Å²) >= 11 is 0. The van der Waals surface area contributed by atoms with Gasteiger partial charge in [-0.15, -0.1) is 12.4 Å². The number of hydrogen-bond donors (Lipinski definition) is 2. The molecular weight excluding hydrogens is 264 g/mol. The standard InChI is InChI=1S/C14H20N2O2.ClH/c1-11(12-9-15-10-12)14(17)16-7-8-18-13-5-3-2-4-6-13;/h2-6,11-12,15H,7-10H2,1H3,(H,16,17);1H. The first-order valence-electron chi connectivity index (χ1n) is 6.43. The highest BCUT2D eigenvalue weighted by Crippen LogP contribution is 2.15. The number of para-hydroxylation sites is 1. The molecule has 1 aliphatic heterocycles. The molecule has 4 nitrogen and oxygen atoms in total. The van der Waals surface area contributed by atoms with E-state index in [-0.39, 0.29) is 24.2 Å². The van der Waals surface area contributed by atoms with Crippen molar-refractivity contribution >= 4 is 18.3 Å². The predicted molar refractivity (Wildman–Crippen MR) is 77.7 cm³/mol. The number of benzene rings is 1. The van der Waals surface area contributed by atoms with E-state index in [9.17, 15) is 4.79 Å². The van der Waals surface area contributed by atoms with Gasteiger partial charge in [0.1, 0.15) is 12.4 Å². The maximum atomic E-state index is 11.8. The molecule has 0 aromatic heterocycles. The first kappa shape index (κ1) is 15.8. The van der Waals surface area contributed by atoms with Crippen LogP contribution >= 0.6 is 12.4 Å². The van der Waals surface area contributed by atoms with Crippen LogP contribution in [0.4, 0.5) is 0 Å². The second-order valence-corrected chi connectivity index (χ2v) is 4.66. The Labute approximate surface area is 120 Å². The van der Waals surface area contributed by atoms with Crippen LogP contribution in [-0.4, -0.2) is 32.1 Å². The van der Waals surface area contributed by atoms with Gasteiger partial charge in [-0.1, -0.05) is 25.1 Å². The summed E-state index contributed by atoms with van der Waals surface area (Å²) in [5, 5.41) is 6.09. The lowest BCUT2D eigenvalue weighted by molar-refractivity contribution is -0.126. The van der Waals surface area contributed by atoms with E-state index in [2.05, 4.69) is 10.6 Å². The van der Waals surface area contributed by atoms with E-state index < -0.39 is 0 Å². The van der Waals surface area contributed by atoms with E-state index in [0.29, 0.717) is 19.1 Å². The van der Waals surface area contributed by atoms with Crippen molar-refractivity contribution in [2.75, 3.05) is 26.2 Å². The average molecular weight is 285 g/mol. The zero-order valence-corrected chi connectivity index (χ0v) is 11.9. The molecule has 1 heterocycles. The first-order chi connectivity index (χ1) is 8.77. The number of halogens is 1. The molecule has 5 heteroatoms. The molecule has 2 N–H and O–H groups in total. The fourth-order valence-electron chi connectivity index (χ4n) is 1.90. The number of rotatable bonds is 6. The van der Waals surface area contributed by atoms with E-state index in [1.165, 1.54) is 0 Å². The van der Waals surface area contributed by atoms with Crippen LogP contribution in [0.15, 0.2) is 30.3 Å². The number of carbonyl (C=O) groups is 1. The Balaban J connectivity index is 0.00000180. The lowest BCUT2D eigenvalue weighted by Gasteiger charge is -2.31. The fourth-order valence-corrected chi connectivity index (χ4v) is 1.90. The smallest absolute Gasteiger partial charge is 0.223 e. The van der Waals surface area contributed by atoms with Gasteiger partial charge in [0.05, 0.1) is 6.54 Å². The molecule has 1 saturated heterocycles. The molecule has 0 spiro atoms. The van der Waals surface area contributed by atoms with Crippen molar-refractivity contribution in [2.24, 2.45) is 11.8 Å². The van der Waals surface area contributed by atoms with Gasteiger partial charge in [0.25, 0.3) is 0 Å². The van der Waals surface area contributed by atoms with Crippen molar-refractivity contribution in [2.45, 2.75) is 6.92 Å². The minimum absolute atomic E-state index is 0. The van der Waals surface area contributed by atoms with Gasteiger partial charge >= 0.3 is 0 Å². The molecule has 0 aliphatic carbocycles. The van der Waals surface area contributed by atoms with Crippen molar-refractivity contribution in [3.8, 4) is 5.75 Å². The normalized spacial score (nSPS) is 15.8. The van der Waals surface area contributed by atoms with Gasteiger partial charge in [-0.05, 0) is 31.1 Å². The SMILES string of the molecule is CC(C(=O)NCCOc1ccccc1)C1CNC1.Cl. The third-order valence-electron chi connectivity index (χ3n) is 3.35. The summed E-state index contributed by atoms with van der Waals surface area (Å²) in [6.45, 7) is 4.95. The van der Waals surface area contributed by atoms with Gasteiger partial charge < -0.3 is 15.4 Å². The molecule has 1 aromatic carbocycles. The summed E-state index contributed by atoms with van der Waals surface area (Å²) in [4.78, 5) is 11.8. The molecule has 19 heavy (non-hydrogen) atoms. The third kappa shape index (κ3) is 4.73. The van der Waals surface area contributed by atoms with Crippen LogP contribution in [0.25, 0.3) is 0 Å². The average Bonchev–Trinajstić information content (AvgIpc) is 2.33. The maximum Gasteiger partial charge on any atom is 0.223 e. The van der Waals surface area contributed by atoms with Crippen LogP contribution in [0.3, 0.4) is 0 Å². The molecule has 1 atom stereocenters. The predicted octanol–water partition coefficient (Wildman–Crippen LogP) is 1.46. The molecule has 1 aromatic rings. The molecule has 2 rings (SSSR count). The first-order valence-corrected chi connectivity index (χ1v) is 6.43. The zero-order valence-electron chi connectivity index (χ0n) is 11.1. The summed E-state index contributed by atoms with van der Waals surface area (Å²) < 4.78 is 5.51. The topological polar surface area (TPSA) is 50.4 Å². The van der Waals surface area contributed by atoms with Crippen LogP contribution in [0.1, 0.15) is 6.92 Å². The summed E-state index contributed by atoms with van der Waals surface area (Å²) in [5.74, 6) is 1.53. The monoisotopic (exact) mass is 284 g/mol. The van der Waals surface area contributed by atoms with Gasteiger partial charge in [-0.25, -0.2) is 0 Å². The maximum absolute atomic E-state index is 11.8. The van der Waals surface area contributed by atoms with E-state index in [1.807, 2.05) is 37.3 Å². The number of hydrogen-bond acceptors (Lipinski definition) is 3. The van der Waals surface area contributed by atoms with Crippen molar-refractivity contribution in [3.63, 3.8) is 0 Å². The highest BCUT2D eigenvalue weighted by Gasteiger charge is 2.28. The van der Waals surface area contributed by atoms with Crippen LogP contribution in [0.2, 0.25) is 0 Å². The Morgan fingerprint density at radius 2 is 2.11 bits per heavy atom. The largest absolute Gasteiger partial charge is 0.492 e. The Hall–Kier alpha value is -1.26.